The maximum atomic E-state index is 4.26. The van der Waals surface area contributed by atoms with Gasteiger partial charge in [-0.3, -0.25) is 0 Å². The number of imidazole rings is 1. The fourth-order valence-electron chi connectivity index (χ4n) is 0.914. The minimum atomic E-state index is 0.788. The Hall–Kier alpha value is -1.51. The first-order chi connectivity index (χ1) is 5.77. The van der Waals surface area contributed by atoms with Crippen LogP contribution >= 0.6 is 0 Å². The van der Waals surface area contributed by atoms with Crippen LogP contribution in [0.5, 0.6) is 0 Å². The zero-order chi connectivity index (χ0) is 8.97. The first-order valence-corrected chi connectivity index (χ1v) is 3.81. The van der Waals surface area contributed by atoms with Crippen LogP contribution in [0, 0.1) is 6.92 Å². The van der Waals surface area contributed by atoms with Crippen molar-refractivity contribution in [3.05, 3.63) is 30.1 Å². The Kier molecular flexibility index (Phi) is 2.69. The van der Waals surface area contributed by atoms with Crippen molar-refractivity contribution in [3.63, 3.8) is 0 Å². The van der Waals surface area contributed by atoms with Crippen molar-refractivity contribution in [2.45, 2.75) is 6.92 Å². The zero-order valence-electron chi connectivity index (χ0n) is 7.39. The summed E-state index contributed by atoms with van der Waals surface area (Å²) in [5.41, 5.74) is 2.00. The number of hydrogen-bond donors (Lipinski definition) is 2. The molecule has 1 aromatic heterocycles. The molecule has 0 bridgehead atoms. The summed E-state index contributed by atoms with van der Waals surface area (Å²) < 4.78 is 0. The lowest BCUT2D eigenvalue weighted by Crippen LogP contribution is -1.88. The molecule has 3 heteroatoms. The molecule has 0 aliphatic rings. The van der Waals surface area contributed by atoms with Crippen LogP contribution in [0.4, 0.5) is 5.95 Å². The highest BCUT2D eigenvalue weighted by atomic mass is 15.1. The molecule has 1 heterocycles. The highest BCUT2D eigenvalue weighted by molar-refractivity contribution is 5.52. The summed E-state index contributed by atoms with van der Waals surface area (Å²) in [5, 5.41) is 2.94. The second-order valence-electron chi connectivity index (χ2n) is 2.44. The van der Waals surface area contributed by atoms with Crippen molar-refractivity contribution in [1.82, 2.24) is 9.97 Å². The van der Waals surface area contributed by atoms with Crippen molar-refractivity contribution in [3.8, 4) is 0 Å². The Bertz CT molecular complexity index is 297. The van der Waals surface area contributed by atoms with Gasteiger partial charge in [0, 0.05) is 12.7 Å². The largest absolute Gasteiger partial charge is 0.359 e. The van der Waals surface area contributed by atoms with Crippen molar-refractivity contribution in [2.75, 3.05) is 12.4 Å². The Morgan fingerprint density at radius 3 is 2.83 bits per heavy atom. The van der Waals surface area contributed by atoms with Gasteiger partial charge in [-0.25, -0.2) is 4.98 Å². The average Bonchev–Trinajstić information content (AvgIpc) is 2.43. The molecule has 1 aromatic rings. The van der Waals surface area contributed by atoms with E-state index in [1.807, 2.05) is 26.1 Å². The smallest absolute Gasteiger partial charge is 0.200 e. The van der Waals surface area contributed by atoms with E-state index in [-0.39, 0.29) is 0 Å². The van der Waals surface area contributed by atoms with E-state index in [1.165, 1.54) is 0 Å². The normalized spacial score (nSPS) is 10.5. The van der Waals surface area contributed by atoms with Crippen molar-refractivity contribution >= 4 is 12.0 Å². The van der Waals surface area contributed by atoms with Gasteiger partial charge in [0.15, 0.2) is 0 Å². The van der Waals surface area contributed by atoms with E-state index in [0.29, 0.717) is 0 Å². The van der Waals surface area contributed by atoms with Crippen LogP contribution in [0.2, 0.25) is 0 Å². The predicted octanol–water partition coefficient (Wildman–Crippen LogP) is 1.96. The van der Waals surface area contributed by atoms with Gasteiger partial charge in [0.1, 0.15) is 0 Å². The fourth-order valence-corrected chi connectivity index (χ4v) is 0.914. The van der Waals surface area contributed by atoms with Gasteiger partial charge in [0.05, 0.1) is 5.69 Å². The molecule has 12 heavy (non-hydrogen) atoms. The summed E-state index contributed by atoms with van der Waals surface area (Å²) in [7, 11) is 1.83. The van der Waals surface area contributed by atoms with Gasteiger partial charge in [-0.1, -0.05) is 18.7 Å². The first kappa shape index (κ1) is 8.59. The summed E-state index contributed by atoms with van der Waals surface area (Å²) in [5.74, 6) is 0.788. The lowest BCUT2D eigenvalue weighted by Gasteiger charge is -1.87. The summed E-state index contributed by atoms with van der Waals surface area (Å²) in [6.45, 7) is 5.57. The van der Waals surface area contributed by atoms with Crippen LogP contribution in [0.3, 0.4) is 0 Å². The molecule has 0 fully saturated rings. The van der Waals surface area contributed by atoms with Crippen molar-refractivity contribution < 1.29 is 0 Å². The Labute approximate surface area is 72.2 Å². The summed E-state index contributed by atoms with van der Waals surface area (Å²) in [4.78, 5) is 7.36. The van der Waals surface area contributed by atoms with E-state index in [1.54, 1.807) is 6.08 Å². The lowest BCUT2D eigenvalue weighted by atomic mass is 10.3. The van der Waals surface area contributed by atoms with E-state index in [4.69, 9.17) is 0 Å². The van der Waals surface area contributed by atoms with Gasteiger partial charge in [-0.2, -0.15) is 0 Å². The van der Waals surface area contributed by atoms with Gasteiger partial charge in [0.2, 0.25) is 5.95 Å². The van der Waals surface area contributed by atoms with Gasteiger partial charge in [-0.05, 0) is 13.0 Å². The molecular weight excluding hydrogens is 150 g/mol. The first-order valence-electron chi connectivity index (χ1n) is 3.81. The molecule has 0 spiro atoms. The molecule has 1 rings (SSSR count). The molecular formula is C9H13N3. The van der Waals surface area contributed by atoms with Crippen molar-refractivity contribution in [2.24, 2.45) is 0 Å². The Balaban J connectivity index is 2.91. The number of allylic oxidation sites excluding steroid dienone is 2. The number of nitrogens with zero attached hydrogens (tertiary/aromatic N) is 1. The van der Waals surface area contributed by atoms with Gasteiger partial charge >= 0.3 is 0 Å². The number of anilines is 1. The molecule has 64 valence electrons. The number of H-pyrrole nitrogens is 1. The number of rotatable bonds is 3. The second-order valence-corrected chi connectivity index (χ2v) is 2.44. The quantitative estimate of drug-likeness (QED) is 0.669. The van der Waals surface area contributed by atoms with Crippen LogP contribution in [0.1, 0.15) is 11.4 Å². The van der Waals surface area contributed by atoms with Gasteiger partial charge in [0.25, 0.3) is 0 Å². The van der Waals surface area contributed by atoms with Gasteiger partial charge in [-0.15, -0.1) is 0 Å². The fraction of sp³-hybridized carbons (Fsp3) is 0.222. The standard InChI is InChI=1S/C9H13N3/c1-4-5-6-8-7(2)11-9(10-3)12-8/h4-6H,1H2,2-3H3,(H2,10,11,12)/b6-5-. The third-order valence-electron chi connectivity index (χ3n) is 1.55. The van der Waals surface area contributed by atoms with Crippen molar-refractivity contribution in [1.29, 1.82) is 0 Å². The number of nitrogens with one attached hydrogen (secondary N) is 2. The van der Waals surface area contributed by atoms with E-state index in [2.05, 4.69) is 21.9 Å². The Morgan fingerprint density at radius 2 is 2.33 bits per heavy atom. The topological polar surface area (TPSA) is 40.7 Å². The van der Waals surface area contributed by atoms with Crippen LogP contribution in [0.15, 0.2) is 18.7 Å². The molecule has 0 amide bonds. The van der Waals surface area contributed by atoms with E-state index >= 15 is 0 Å². The monoisotopic (exact) mass is 163 g/mol. The predicted molar refractivity (Wildman–Crippen MR) is 52.1 cm³/mol. The molecule has 0 aromatic carbocycles. The number of hydrogen-bond acceptors (Lipinski definition) is 2. The molecule has 3 nitrogen and oxygen atoms in total. The number of aromatic amines is 1. The Morgan fingerprint density at radius 1 is 1.58 bits per heavy atom. The molecule has 2 N–H and O–H groups in total. The zero-order valence-corrected chi connectivity index (χ0v) is 7.39. The molecule has 0 aliphatic heterocycles. The maximum Gasteiger partial charge on any atom is 0.200 e. The van der Waals surface area contributed by atoms with E-state index in [9.17, 15) is 0 Å². The molecule has 0 aliphatic carbocycles. The molecule has 0 saturated carbocycles. The SMILES string of the molecule is C=C/C=C\c1nc(NC)[nH]c1C. The minimum Gasteiger partial charge on any atom is -0.359 e. The second kappa shape index (κ2) is 3.76. The van der Waals surface area contributed by atoms with E-state index < -0.39 is 0 Å². The van der Waals surface area contributed by atoms with Gasteiger partial charge < -0.3 is 10.3 Å². The third kappa shape index (κ3) is 1.75. The number of aromatic nitrogens is 2. The van der Waals surface area contributed by atoms with Crippen LogP contribution < -0.4 is 5.32 Å². The summed E-state index contributed by atoms with van der Waals surface area (Å²) in [6.07, 6.45) is 5.51. The van der Waals surface area contributed by atoms with E-state index in [0.717, 1.165) is 17.3 Å². The molecule has 0 unspecified atom stereocenters. The molecule has 0 atom stereocenters. The minimum absolute atomic E-state index is 0.788. The molecule has 0 saturated heterocycles. The number of aryl methyl sites for hydroxylation is 1. The van der Waals surface area contributed by atoms with Crippen LogP contribution in [-0.2, 0) is 0 Å². The van der Waals surface area contributed by atoms with Crippen LogP contribution in [-0.4, -0.2) is 17.0 Å². The highest BCUT2D eigenvalue weighted by Gasteiger charge is 1.99. The lowest BCUT2D eigenvalue weighted by molar-refractivity contribution is 1.23. The third-order valence-corrected chi connectivity index (χ3v) is 1.55. The average molecular weight is 163 g/mol. The van der Waals surface area contributed by atoms with Crippen LogP contribution in [0.25, 0.3) is 6.08 Å². The molecule has 0 radical (unpaired) electrons. The summed E-state index contributed by atoms with van der Waals surface area (Å²) >= 11 is 0. The maximum absolute atomic E-state index is 4.26. The summed E-state index contributed by atoms with van der Waals surface area (Å²) in [6, 6.07) is 0. The highest BCUT2D eigenvalue weighted by Crippen LogP contribution is 2.09.